The number of pyridine rings is 1. The molecular weight excluding hydrogens is 675 g/mol. The van der Waals surface area contributed by atoms with Crippen molar-refractivity contribution < 1.29 is 37.6 Å². The fourth-order valence-electron chi connectivity index (χ4n) is 6.55. The molecule has 51 heavy (non-hydrogen) atoms. The van der Waals surface area contributed by atoms with Crippen LogP contribution < -0.4 is 5.32 Å². The molecule has 2 saturated heterocycles. The Hall–Kier alpha value is -4.34. The van der Waals surface area contributed by atoms with Crippen molar-refractivity contribution in [1.29, 1.82) is 0 Å². The Bertz CT molecular complexity index is 1900. The van der Waals surface area contributed by atoms with Crippen LogP contribution in [-0.4, -0.2) is 103 Å². The quantitative estimate of drug-likeness (QED) is 0.132. The summed E-state index contributed by atoms with van der Waals surface area (Å²) in [6.45, 7) is 4.81. The summed E-state index contributed by atoms with van der Waals surface area (Å²) < 4.78 is 46.7. The van der Waals surface area contributed by atoms with Crippen molar-refractivity contribution in [3.05, 3.63) is 89.7 Å². The van der Waals surface area contributed by atoms with Gasteiger partial charge in [-0.1, -0.05) is 50.2 Å². The van der Waals surface area contributed by atoms with Crippen LogP contribution >= 0.6 is 0 Å². The lowest BCUT2D eigenvalue weighted by Gasteiger charge is -2.31. The molecule has 13 nitrogen and oxygen atoms in total. The van der Waals surface area contributed by atoms with Crippen LogP contribution in [0.4, 0.5) is 4.79 Å². The third-order valence-electron chi connectivity index (χ3n) is 9.17. The van der Waals surface area contributed by atoms with E-state index in [0.29, 0.717) is 36.0 Å². The molecule has 0 saturated carbocycles. The number of aliphatic hydroxyl groups is 1. The Kier molecular flexibility index (Phi) is 11.7. The molecule has 4 aromatic rings. The van der Waals surface area contributed by atoms with Gasteiger partial charge in [0, 0.05) is 49.1 Å². The third kappa shape index (κ3) is 8.94. The molecule has 272 valence electrons. The third-order valence-corrected chi connectivity index (χ3v) is 11.0. The molecular formula is C37H45N5O8S. The van der Waals surface area contributed by atoms with Gasteiger partial charge in [-0.25, -0.2) is 13.2 Å². The van der Waals surface area contributed by atoms with Crippen molar-refractivity contribution in [3.63, 3.8) is 0 Å². The Morgan fingerprint density at radius 2 is 1.94 bits per heavy atom. The summed E-state index contributed by atoms with van der Waals surface area (Å²) in [5, 5.41) is 25.6. The minimum Gasteiger partial charge on any atom is -0.494 e. The number of amides is 1. The highest BCUT2D eigenvalue weighted by molar-refractivity contribution is 7.89. The van der Waals surface area contributed by atoms with Crippen molar-refractivity contribution in [1.82, 2.24) is 19.6 Å². The highest BCUT2D eigenvalue weighted by Crippen LogP contribution is 2.33. The minimum absolute atomic E-state index is 0.00610. The molecule has 0 aliphatic carbocycles. The van der Waals surface area contributed by atoms with Gasteiger partial charge in [-0.2, -0.15) is 4.31 Å². The molecule has 1 amide bonds. The van der Waals surface area contributed by atoms with Crippen LogP contribution in [0.1, 0.15) is 37.0 Å². The summed E-state index contributed by atoms with van der Waals surface area (Å²) in [4.78, 5) is 24.7. The normalized spacial score (nSPS) is 20.3. The van der Waals surface area contributed by atoms with Gasteiger partial charge in [0.15, 0.2) is 12.2 Å². The Morgan fingerprint density at radius 1 is 1.14 bits per heavy atom. The van der Waals surface area contributed by atoms with E-state index in [1.54, 1.807) is 18.5 Å². The number of hydrogen-bond donors (Lipinski definition) is 4. The van der Waals surface area contributed by atoms with E-state index in [-0.39, 0.29) is 48.7 Å². The number of fused-ring (bicyclic) bond motifs is 2. The van der Waals surface area contributed by atoms with Crippen LogP contribution in [0.15, 0.2) is 82.9 Å². The van der Waals surface area contributed by atoms with Gasteiger partial charge in [0.25, 0.3) is 0 Å². The van der Waals surface area contributed by atoms with Crippen molar-refractivity contribution in [2.75, 3.05) is 32.8 Å². The van der Waals surface area contributed by atoms with Crippen molar-refractivity contribution in [3.8, 4) is 5.88 Å². The number of hydrogen-bond acceptors (Lipinski definition) is 10. The number of aromatic hydroxyl groups is 1. The lowest BCUT2D eigenvalue weighted by molar-refractivity contribution is -0.0907. The molecule has 0 radical (unpaired) electrons. The largest absolute Gasteiger partial charge is 0.494 e. The van der Waals surface area contributed by atoms with E-state index in [0.717, 1.165) is 17.5 Å². The number of carbonyl (C=O) groups excluding carboxylic acids is 1. The van der Waals surface area contributed by atoms with Crippen LogP contribution in [0.25, 0.3) is 10.9 Å². The number of benzene rings is 2. The monoisotopic (exact) mass is 719 g/mol. The van der Waals surface area contributed by atoms with Gasteiger partial charge in [0.05, 0.1) is 41.7 Å². The minimum atomic E-state index is -4.16. The maximum Gasteiger partial charge on any atom is 0.407 e. The van der Waals surface area contributed by atoms with E-state index in [2.05, 4.69) is 20.3 Å². The molecule has 2 aromatic heterocycles. The first-order valence-corrected chi connectivity index (χ1v) is 18.7. The highest BCUT2D eigenvalue weighted by atomic mass is 32.2. The zero-order valence-electron chi connectivity index (χ0n) is 28.7. The van der Waals surface area contributed by atoms with E-state index in [4.69, 9.17) is 14.2 Å². The summed E-state index contributed by atoms with van der Waals surface area (Å²) >= 11 is 0. The summed E-state index contributed by atoms with van der Waals surface area (Å²) in [6.07, 6.45) is 3.73. The second-order valence-corrected chi connectivity index (χ2v) is 15.4. The summed E-state index contributed by atoms with van der Waals surface area (Å²) in [7, 11) is -4.16. The maximum atomic E-state index is 14.3. The molecule has 2 aliphatic heterocycles. The topological polar surface area (TPSA) is 176 Å². The first kappa shape index (κ1) is 36.5. The first-order valence-electron chi connectivity index (χ1n) is 17.2. The Balaban J connectivity index is 1.21. The van der Waals surface area contributed by atoms with E-state index in [1.807, 2.05) is 56.3 Å². The number of aliphatic imine (C=N–C) groups is 1. The number of rotatable bonds is 15. The van der Waals surface area contributed by atoms with Gasteiger partial charge < -0.3 is 34.7 Å². The number of alkyl carbamates (subject to hydrolysis) is 1. The predicted molar refractivity (Wildman–Crippen MR) is 191 cm³/mol. The van der Waals surface area contributed by atoms with Crippen LogP contribution in [-0.2, 0) is 37.1 Å². The second-order valence-electron chi connectivity index (χ2n) is 13.4. The van der Waals surface area contributed by atoms with Crippen molar-refractivity contribution in [2.24, 2.45) is 16.8 Å². The summed E-state index contributed by atoms with van der Waals surface area (Å²) in [5.41, 5.74) is 2.79. The average molecular weight is 720 g/mol. The standard InChI is InChI=1S/C37H45N5O8S/c1-24(2)21-42(22-33(43)32(17-25-7-4-3-5-8-25)41-37(45)50-34-23-49-36-28(34)13-16-48-36)51(46,47)27-10-11-31-29(18-27)30(35(44)40-31)20-39-15-12-26-9-6-14-38-19-26/h3-11,14,18-20,24,28,32-34,36,40,43-44H,12-13,15-17,21-23H2,1-2H3,(H,41,45)/t28?,32-,33+,34-,36?/m0/s1. The van der Waals surface area contributed by atoms with Gasteiger partial charge in [-0.15, -0.1) is 0 Å². The number of carbonyl (C=O) groups is 1. The lowest BCUT2D eigenvalue weighted by Crippen LogP contribution is -2.51. The first-order chi connectivity index (χ1) is 24.6. The molecule has 14 heteroatoms. The van der Waals surface area contributed by atoms with Crippen LogP contribution in [0.3, 0.4) is 0 Å². The fraction of sp³-hybridized carbons (Fsp3) is 0.432. The van der Waals surface area contributed by atoms with Crippen molar-refractivity contribution >= 4 is 33.2 Å². The smallest absolute Gasteiger partial charge is 0.407 e. The number of aromatic amines is 1. The number of nitrogens with one attached hydrogen (secondary N) is 2. The molecule has 0 spiro atoms. The molecule has 2 aromatic carbocycles. The van der Waals surface area contributed by atoms with Crippen LogP contribution in [0.5, 0.6) is 5.88 Å². The molecule has 6 rings (SSSR count). The Morgan fingerprint density at radius 3 is 2.71 bits per heavy atom. The van der Waals surface area contributed by atoms with E-state index in [1.165, 1.54) is 22.7 Å². The van der Waals surface area contributed by atoms with Crippen molar-refractivity contribution in [2.45, 2.75) is 62.5 Å². The molecule has 0 bridgehead atoms. The number of aromatic nitrogens is 2. The summed E-state index contributed by atoms with van der Waals surface area (Å²) in [5.74, 6) is -0.261. The molecule has 4 heterocycles. The number of aliphatic hydroxyl groups excluding tert-OH is 1. The number of ether oxygens (including phenoxy) is 3. The predicted octanol–water partition coefficient (Wildman–Crippen LogP) is 4.04. The van der Waals surface area contributed by atoms with Crippen LogP contribution in [0.2, 0.25) is 0 Å². The molecule has 4 N–H and O–H groups in total. The molecule has 5 atom stereocenters. The van der Waals surface area contributed by atoms with Gasteiger partial charge >= 0.3 is 6.09 Å². The zero-order chi connectivity index (χ0) is 36.0. The summed E-state index contributed by atoms with van der Waals surface area (Å²) in [6, 6.07) is 16.9. The van der Waals surface area contributed by atoms with Gasteiger partial charge in [0.1, 0.15) is 6.10 Å². The van der Waals surface area contributed by atoms with E-state index in [9.17, 15) is 23.4 Å². The van der Waals surface area contributed by atoms with E-state index >= 15 is 0 Å². The van der Waals surface area contributed by atoms with Gasteiger partial charge in [-0.3, -0.25) is 9.98 Å². The highest BCUT2D eigenvalue weighted by Gasteiger charge is 2.44. The second kappa shape index (κ2) is 16.3. The average Bonchev–Trinajstić information content (AvgIpc) is 3.82. The number of sulfonamides is 1. The number of nitrogens with zero attached hydrogens (tertiary/aromatic N) is 3. The SMILES string of the molecule is CC(C)CN(C[C@@H](O)[C@H](Cc1ccccc1)NC(=O)O[C@H]1COC2OCCC21)S(=O)(=O)c1ccc2[nH]c(O)c(C=NCCc3cccnc3)c2c1. The fourth-order valence-corrected chi connectivity index (χ4v) is 8.20. The zero-order valence-corrected chi connectivity index (χ0v) is 29.5. The lowest BCUT2D eigenvalue weighted by atomic mass is 10.0. The number of H-pyrrole nitrogens is 1. The Labute approximate surface area is 297 Å². The van der Waals surface area contributed by atoms with Gasteiger partial charge in [-0.05, 0) is 60.6 Å². The molecule has 2 aliphatic rings. The maximum absolute atomic E-state index is 14.3. The molecule has 2 fully saturated rings. The van der Waals surface area contributed by atoms with Crippen LogP contribution in [0, 0.1) is 11.8 Å². The van der Waals surface area contributed by atoms with E-state index < -0.39 is 40.7 Å². The molecule has 2 unspecified atom stereocenters. The van der Waals surface area contributed by atoms with Gasteiger partial charge in [0.2, 0.25) is 10.0 Å².